The van der Waals surface area contributed by atoms with Gasteiger partial charge in [-0.05, 0) is 0 Å². The molecule has 1 aliphatic heterocycles. The SMILES string of the molecule is CNCC[C]1([RaH])SC(NC)=NC1=O. The molecule has 0 radical (unpaired) electrons. The van der Waals surface area contributed by atoms with Crippen molar-refractivity contribution in [3.05, 3.63) is 0 Å². The van der Waals surface area contributed by atoms with Crippen molar-refractivity contribution < 1.29 is 47.6 Å². The van der Waals surface area contributed by atoms with E-state index in [4.69, 9.17) is 0 Å². The molecule has 1 aliphatic rings. The third kappa shape index (κ3) is 2.93. The molecule has 70 valence electrons. The molecular weight excluding hydrogens is 400 g/mol. The zero-order valence-corrected chi connectivity index (χ0v) is 17.2. The van der Waals surface area contributed by atoms with Crippen molar-refractivity contribution >= 4 is 22.8 Å². The van der Waals surface area contributed by atoms with Crippen LogP contribution in [0.25, 0.3) is 0 Å². The van der Waals surface area contributed by atoms with Gasteiger partial charge in [0, 0.05) is 0 Å². The van der Waals surface area contributed by atoms with E-state index in [2.05, 4.69) is 15.6 Å². The molecule has 6 heteroatoms. The molecule has 0 spiro atoms. The average molecular weight is 413 g/mol. The number of amidine groups is 1. The number of nitrogens with zero attached hydrogens (tertiary/aromatic N) is 1. The van der Waals surface area contributed by atoms with Crippen LogP contribution in [0.3, 0.4) is 0 Å². The van der Waals surface area contributed by atoms with Gasteiger partial charge in [-0.25, -0.2) is 0 Å². The molecule has 1 atom stereocenters. The van der Waals surface area contributed by atoms with E-state index in [1.807, 2.05) is 7.05 Å². The first kappa shape index (κ1) is 12.0. The van der Waals surface area contributed by atoms with Crippen molar-refractivity contribution in [2.45, 2.75) is 6.21 Å². The summed E-state index contributed by atoms with van der Waals surface area (Å²) >= 11 is 1.74. The van der Waals surface area contributed by atoms with E-state index in [1.165, 1.54) is 0 Å². The van der Waals surface area contributed by atoms with Crippen LogP contribution in [-0.2, 0) is 4.79 Å². The van der Waals surface area contributed by atoms with Gasteiger partial charge in [0.25, 0.3) is 0 Å². The molecule has 0 fully saturated rings. The van der Waals surface area contributed by atoms with E-state index < -0.39 is 0 Å². The summed E-state index contributed by atoms with van der Waals surface area (Å²) < 4.78 is -0.144. The van der Waals surface area contributed by atoms with Crippen LogP contribution < -0.4 is 10.6 Å². The number of aliphatic imine (C=N–C) groups is 1. The van der Waals surface area contributed by atoms with E-state index in [0.717, 1.165) is 18.1 Å². The molecule has 1 amide bonds. The normalized spacial score (nSPS) is 27.5. The summed E-state index contributed by atoms with van der Waals surface area (Å²) in [6.45, 7) is 0.892. The second-order valence-electron chi connectivity index (χ2n) is 3.16. The number of carbonyl (C=O) groups is 1. The van der Waals surface area contributed by atoms with Gasteiger partial charge in [0.15, 0.2) is 0 Å². The monoisotopic (exact) mass is 413 g/mol. The summed E-state index contributed by atoms with van der Waals surface area (Å²) in [5, 5.41) is 6.79. The minimum absolute atomic E-state index is 0.0716. The van der Waals surface area contributed by atoms with E-state index in [0.29, 0.717) is 0 Å². The van der Waals surface area contributed by atoms with Crippen molar-refractivity contribution in [1.29, 1.82) is 0 Å². The van der Waals surface area contributed by atoms with Crippen molar-refractivity contribution in [1.82, 2.24) is 10.6 Å². The summed E-state index contributed by atoms with van der Waals surface area (Å²) in [5.74, 6) is 0.0716. The molecule has 1 heterocycles. The van der Waals surface area contributed by atoms with E-state index in [1.54, 1.807) is 18.8 Å². The van der Waals surface area contributed by atoms with E-state index in [-0.39, 0.29) is 48.5 Å². The molecule has 4 nitrogen and oxygen atoms in total. The first-order chi connectivity index (χ1) is 6.12. The predicted molar refractivity (Wildman–Crippen MR) is 51.8 cm³/mol. The molecule has 1 unspecified atom stereocenters. The van der Waals surface area contributed by atoms with Gasteiger partial charge in [-0.2, -0.15) is 0 Å². The maximum absolute atomic E-state index is 11.6. The Morgan fingerprint density at radius 3 is 2.77 bits per heavy atom. The van der Waals surface area contributed by atoms with Crippen LogP contribution in [0.15, 0.2) is 4.99 Å². The number of carbonyl (C=O) groups excluding carboxylic acids is 1. The van der Waals surface area contributed by atoms with Crippen molar-refractivity contribution in [2.75, 3.05) is 20.6 Å². The van der Waals surface area contributed by atoms with Crippen LogP contribution in [0.1, 0.15) is 6.42 Å². The predicted octanol–water partition coefficient (Wildman–Crippen LogP) is -0.577. The van der Waals surface area contributed by atoms with Gasteiger partial charge >= 0.3 is 113 Å². The Kier molecular flexibility index (Phi) is 4.73. The Labute approximate surface area is 111 Å². The molecule has 13 heavy (non-hydrogen) atoms. The Bertz CT molecular complexity index is 246. The van der Waals surface area contributed by atoms with Crippen LogP contribution in [0, 0.1) is 42.8 Å². The zero-order chi connectivity index (χ0) is 9.90. The fraction of sp³-hybridized carbons (Fsp3) is 0.714. The number of amides is 1. The van der Waals surface area contributed by atoms with Gasteiger partial charge in [0.05, 0.1) is 0 Å². The number of hydrogen-bond acceptors (Lipinski definition) is 4. The number of rotatable bonds is 3. The molecule has 0 bridgehead atoms. The first-order valence-electron chi connectivity index (χ1n) is 4.27. The molecule has 0 saturated heterocycles. The van der Waals surface area contributed by atoms with Crippen molar-refractivity contribution in [2.24, 2.45) is 4.99 Å². The van der Waals surface area contributed by atoms with Crippen LogP contribution in [0.4, 0.5) is 0 Å². The van der Waals surface area contributed by atoms with E-state index >= 15 is 0 Å². The molecular formula is C7H13N3ORaS. The number of hydrogen-bond donors (Lipinski definition) is 2. The third-order valence-electron chi connectivity index (χ3n) is 2.04. The van der Waals surface area contributed by atoms with Crippen LogP contribution >= 0.6 is 11.8 Å². The van der Waals surface area contributed by atoms with Gasteiger partial charge in [-0.1, -0.05) is 0 Å². The maximum atomic E-state index is 11.6. The third-order valence-corrected chi connectivity index (χ3v) is 9.69. The summed E-state index contributed by atoms with van der Waals surface area (Å²) in [6.07, 6.45) is 0.909. The van der Waals surface area contributed by atoms with Gasteiger partial charge in [0.2, 0.25) is 0 Å². The van der Waals surface area contributed by atoms with Crippen LogP contribution in [-0.4, -0.2) is 31.5 Å². The Morgan fingerprint density at radius 1 is 1.62 bits per heavy atom. The Balaban J connectivity index is 2.59. The summed E-state index contributed by atoms with van der Waals surface area (Å²) in [4.78, 5) is 15.5. The Hall–Kier alpha value is 0.918. The average Bonchev–Trinajstić information content (AvgIpc) is 2.40. The quantitative estimate of drug-likeness (QED) is 0.651. The molecule has 0 aliphatic carbocycles. The van der Waals surface area contributed by atoms with Crippen LogP contribution in [0.5, 0.6) is 0 Å². The number of thioether (sulfide) groups is 1. The summed E-state index contributed by atoms with van der Waals surface area (Å²) in [7, 11) is 3.71. The van der Waals surface area contributed by atoms with Crippen molar-refractivity contribution in [3.63, 3.8) is 0 Å². The zero-order valence-electron chi connectivity index (χ0n) is 8.18. The standard InChI is InChI=1S/C7H12N3OS.Ra.H/c1-8-4-3-5-6(11)10-7(9-2)12-5;;/h8H,3-4H2,1-2H3,(H,9,10,11);;. The van der Waals surface area contributed by atoms with Crippen molar-refractivity contribution in [3.8, 4) is 0 Å². The second kappa shape index (κ2) is 5.13. The molecule has 2 N–H and O–H groups in total. The number of nitrogens with one attached hydrogen (secondary N) is 2. The molecule has 1 rings (SSSR count). The Morgan fingerprint density at radius 2 is 2.31 bits per heavy atom. The van der Waals surface area contributed by atoms with Gasteiger partial charge in [0.1, 0.15) is 0 Å². The van der Waals surface area contributed by atoms with Gasteiger partial charge in [-0.3, -0.25) is 0 Å². The molecule has 0 aromatic rings. The first-order valence-corrected chi connectivity index (χ1v) is 9.19. The fourth-order valence-corrected chi connectivity index (χ4v) is 5.98. The molecule has 0 aromatic heterocycles. The van der Waals surface area contributed by atoms with Gasteiger partial charge in [-0.15, -0.1) is 0 Å². The second-order valence-corrected chi connectivity index (χ2v) is 14.6. The topological polar surface area (TPSA) is 53.5 Å². The minimum atomic E-state index is -0.144. The molecule has 0 saturated carbocycles. The van der Waals surface area contributed by atoms with Gasteiger partial charge < -0.3 is 0 Å². The summed E-state index contributed by atoms with van der Waals surface area (Å²) in [5.41, 5.74) is 0. The van der Waals surface area contributed by atoms with Crippen LogP contribution in [0.2, 0.25) is 0 Å². The van der Waals surface area contributed by atoms with E-state index in [9.17, 15) is 4.79 Å². The fourth-order valence-electron chi connectivity index (χ4n) is 1.12. The summed E-state index contributed by atoms with van der Waals surface area (Å²) in [6, 6.07) is 0. The molecule has 0 aromatic carbocycles.